The Labute approximate surface area is 169 Å². The number of fused-ring (bicyclic) bond motifs is 1. The normalized spacial score (nSPS) is 10.6. The van der Waals surface area contributed by atoms with Crippen molar-refractivity contribution in [1.82, 2.24) is 9.97 Å². The van der Waals surface area contributed by atoms with Crippen LogP contribution in [0.5, 0.6) is 11.5 Å². The summed E-state index contributed by atoms with van der Waals surface area (Å²) in [6.45, 7) is 0.659. The number of nitrogens with one attached hydrogen (secondary N) is 2. The molecule has 0 unspecified atom stereocenters. The monoisotopic (exact) mass is 386 g/mol. The summed E-state index contributed by atoms with van der Waals surface area (Å²) in [5.74, 6) is 2.46. The molecule has 0 bridgehead atoms. The molecule has 29 heavy (non-hydrogen) atoms. The molecule has 6 heteroatoms. The van der Waals surface area contributed by atoms with E-state index in [1.807, 2.05) is 60.7 Å². The molecular formula is C23H22N4O2. The lowest BCUT2D eigenvalue weighted by Gasteiger charge is -2.11. The molecule has 3 aromatic carbocycles. The van der Waals surface area contributed by atoms with E-state index in [9.17, 15) is 0 Å². The highest BCUT2D eigenvalue weighted by molar-refractivity contribution is 5.92. The van der Waals surface area contributed by atoms with Crippen LogP contribution in [-0.4, -0.2) is 24.2 Å². The molecule has 0 amide bonds. The van der Waals surface area contributed by atoms with Crippen LogP contribution in [0, 0.1) is 0 Å². The van der Waals surface area contributed by atoms with Crippen LogP contribution in [-0.2, 0) is 6.54 Å². The van der Waals surface area contributed by atoms with Gasteiger partial charge in [0.1, 0.15) is 23.6 Å². The molecule has 0 spiro atoms. The first-order valence-corrected chi connectivity index (χ1v) is 9.28. The van der Waals surface area contributed by atoms with Gasteiger partial charge in [-0.2, -0.15) is 0 Å². The summed E-state index contributed by atoms with van der Waals surface area (Å²) < 4.78 is 10.4. The second-order valence-electron chi connectivity index (χ2n) is 6.51. The Kier molecular flexibility index (Phi) is 5.42. The molecule has 6 nitrogen and oxygen atoms in total. The Morgan fingerprint density at radius 2 is 1.41 bits per heavy atom. The highest BCUT2D eigenvalue weighted by Gasteiger charge is 2.06. The van der Waals surface area contributed by atoms with E-state index in [1.165, 1.54) is 0 Å². The molecule has 0 aliphatic heterocycles. The fraction of sp³-hybridized carbons (Fsp3) is 0.130. The third kappa shape index (κ3) is 4.38. The van der Waals surface area contributed by atoms with E-state index in [1.54, 1.807) is 20.5 Å². The minimum Gasteiger partial charge on any atom is -0.497 e. The summed E-state index contributed by atoms with van der Waals surface area (Å²) >= 11 is 0. The van der Waals surface area contributed by atoms with Gasteiger partial charge >= 0.3 is 0 Å². The molecule has 1 heterocycles. The molecule has 4 rings (SSSR count). The zero-order valence-electron chi connectivity index (χ0n) is 16.3. The van der Waals surface area contributed by atoms with Crippen LogP contribution in [0.4, 0.5) is 17.2 Å². The van der Waals surface area contributed by atoms with Gasteiger partial charge in [0.15, 0.2) is 0 Å². The molecule has 2 N–H and O–H groups in total. The molecule has 4 aromatic rings. The molecule has 1 aromatic heterocycles. The Morgan fingerprint density at radius 1 is 0.759 bits per heavy atom. The van der Waals surface area contributed by atoms with Crippen LogP contribution < -0.4 is 20.1 Å². The van der Waals surface area contributed by atoms with Crippen LogP contribution in [0.3, 0.4) is 0 Å². The van der Waals surface area contributed by atoms with Gasteiger partial charge in [-0.15, -0.1) is 0 Å². The van der Waals surface area contributed by atoms with Crippen LogP contribution in [0.1, 0.15) is 5.56 Å². The third-order valence-corrected chi connectivity index (χ3v) is 4.63. The number of nitrogens with zero attached hydrogens (tertiary/aromatic N) is 2. The van der Waals surface area contributed by atoms with Gasteiger partial charge in [0, 0.05) is 23.3 Å². The maximum atomic E-state index is 5.21. The standard InChI is InChI=1S/C23H22N4O2/c1-28-19-8-3-16(4-9-19)14-24-23-21-13-18(7-12-22(21)25-15-26-23)27-17-5-10-20(29-2)11-6-17/h3-13,15,27H,14H2,1-2H3,(H,24,25,26). The summed E-state index contributed by atoms with van der Waals surface area (Å²) in [6, 6.07) is 21.8. The largest absolute Gasteiger partial charge is 0.497 e. The number of hydrogen-bond donors (Lipinski definition) is 2. The smallest absolute Gasteiger partial charge is 0.137 e. The predicted molar refractivity (Wildman–Crippen MR) is 116 cm³/mol. The van der Waals surface area contributed by atoms with E-state index >= 15 is 0 Å². The Hall–Kier alpha value is -3.80. The number of rotatable bonds is 7. The van der Waals surface area contributed by atoms with Crippen molar-refractivity contribution in [3.63, 3.8) is 0 Å². The Balaban J connectivity index is 1.54. The van der Waals surface area contributed by atoms with E-state index < -0.39 is 0 Å². The Bertz CT molecular complexity index is 1100. The van der Waals surface area contributed by atoms with Crippen molar-refractivity contribution in [1.29, 1.82) is 0 Å². The molecule has 0 saturated heterocycles. The van der Waals surface area contributed by atoms with Crippen molar-refractivity contribution in [2.75, 3.05) is 24.9 Å². The van der Waals surface area contributed by atoms with E-state index in [2.05, 4.69) is 26.7 Å². The quantitative estimate of drug-likeness (QED) is 0.466. The molecule has 0 atom stereocenters. The fourth-order valence-corrected chi connectivity index (χ4v) is 3.05. The van der Waals surface area contributed by atoms with Crippen molar-refractivity contribution in [2.45, 2.75) is 6.54 Å². The minimum absolute atomic E-state index is 0.659. The number of methoxy groups -OCH3 is 2. The van der Waals surface area contributed by atoms with Gasteiger partial charge in [-0.25, -0.2) is 9.97 Å². The number of anilines is 3. The summed E-state index contributed by atoms with van der Waals surface area (Å²) in [5, 5.41) is 7.78. The van der Waals surface area contributed by atoms with Crippen LogP contribution in [0.25, 0.3) is 10.9 Å². The number of ether oxygens (including phenoxy) is 2. The molecule has 0 aliphatic rings. The summed E-state index contributed by atoms with van der Waals surface area (Å²) in [5.41, 5.74) is 3.97. The molecule has 0 fully saturated rings. The van der Waals surface area contributed by atoms with Crippen molar-refractivity contribution < 1.29 is 9.47 Å². The van der Waals surface area contributed by atoms with E-state index in [4.69, 9.17) is 9.47 Å². The van der Waals surface area contributed by atoms with Gasteiger partial charge in [-0.3, -0.25) is 0 Å². The van der Waals surface area contributed by atoms with E-state index in [0.717, 1.165) is 45.2 Å². The molecule has 0 radical (unpaired) electrons. The summed E-state index contributed by atoms with van der Waals surface area (Å²) in [6.07, 6.45) is 1.58. The number of benzene rings is 3. The van der Waals surface area contributed by atoms with Crippen LogP contribution in [0.15, 0.2) is 73.1 Å². The lowest BCUT2D eigenvalue weighted by atomic mass is 10.2. The van der Waals surface area contributed by atoms with Gasteiger partial charge in [0.05, 0.1) is 19.7 Å². The van der Waals surface area contributed by atoms with Gasteiger partial charge in [0.25, 0.3) is 0 Å². The van der Waals surface area contributed by atoms with Gasteiger partial charge in [-0.05, 0) is 60.2 Å². The molecule has 146 valence electrons. The first-order chi connectivity index (χ1) is 14.2. The van der Waals surface area contributed by atoms with Gasteiger partial charge < -0.3 is 20.1 Å². The molecule has 0 saturated carbocycles. The van der Waals surface area contributed by atoms with Crippen LogP contribution >= 0.6 is 0 Å². The molecular weight excluding hydrogens is 364 g/mol. The SMILES string of the molecule is COc1ccc(CNc2ncnc3ccc(Nc4ccc(OC)cc4)cc23)cc1. The zero-order chi connectivity index (χ0) is 20.1. The summed E-state index contributed by atoms with van der Waals surface area (Å²) in [7, 11) is 3.32. The van der Waals surface area contributed by atoms with E-state index in [0.29, 0.717) is 6.54 Å². The van der Waals surface area contributed by atoms with Crippen LogP contribution in [0.2, 0.25) is 0 Å². The number of hydrogen-bond acceptors (Lipinski definition) is 6. The molecule has 0 aliphatic carbocycles. The predicted octanol–water partition coefficient (Wildman–Crippen LogP) is 5.00. The zero-order valence-corrected chi connectivity index (χ0v) is 16.3. The van der Waals surface area contributed by atoms with Crippen molar-refractivity contribution in [3.05, 3.63) is 78.6 Å². The third-order valence-electron chi connectivity index (χ3n) is 4.63. The summed E-state index contributed by atoms with van der Waals surface area (Å²) in [4.78, 5) is 8.81. The van der Waals surface area contributed by atoms with Crippen molar-refractivity contribution >= 4 is 28.1 Å². The highest BCUT2D eigenvalue weighted by Crippen LogP contribution is 2.26. The van der Waals surface area contributed by atoms with E-state index in [-0.39, 0.29) is 0 Å². The lowest BCUT2D eigenvalue weighted by Crippen LogP contribution is -2.03. The van der Waals surface area contributed by atoms with Gasteiger partial charge in [-0.1, -0.05) is 12.1 Å². The average Bonchev–Trinajstić information content (AvgIpc) is 2.78. The van der Waals surface area contributed by atoms with Crippen molar-refractivity contribution in [3.8, 4) is 11.5 Å². The maximum Gasteiger partial charge on any atom is 0.137 e. The average molecular weight is 386 g/mol. The highest BCUT2D eigenvalue weighted by atomic mass is 16.5. The Morgan fingerprint density at radius 3 is 2.10 bits per heavy atom. The number of aromatic nitrogens is 2. The first kappa shape index (κ1) is 18.6. The topological polar surface area (TPSA) is 68.3 Å². The maximum absolute atomic E-state index is 5.21. The minimum atomic E-state index is 0.659. The lowest BCUT2D eigenvalue weighted by molar-refractivity contribution is 0.414. The second kappa shape index (κ2) is 8.48. The fourth-order valence-electron chi connectivity index (χ4n) is 3.05. The first-order valence-electron chi connectivity index (χ1n) is 9.28. The van der Waals surface area contributed by atoms with Gasteiger partial charge in [0.2, 0.25) is 0 Å². The second-order valence-corrected chi connectivity index (χ2v) is 6.51. The van der Waals surface area contributed by atoms with Crippen molar-refractivity contribution in [2.24, 2.45) is 0 Å².